The standard InChI is InChI=1S/C18H20N4O3/c1-25-13-16(23)19-10-11-21-17-15(8-5-9-20-17)22(18(21)24)12-14-6-3-2-4-7-14/h2-9H,10-13H2,1H3,(H,19,23). The number of benzene rings is 1. The van der Waals surface area contributed by atoms with Gasteiger partial charge in [0, 0.05) is 26.4 Å². The number of carbonyl (C=O) groups is 1. The molecule has 0 saturated carbocycles. The van der Waals surface area contributed by atoms with Gasteiger partial charge in [0.05, 0.1) is 12.1 Å². The molecule has 25 heavy (non-hydrogen) atoms. The van der Waals surface area contributed by atoms with Crippen molar-refractivity contribution in [2.24, 2.45) is 0 Å². The van der Waals surface area contributed by atoms with E-state index in [0.717, 1.165) is 11.1 Å². The zero-order chi connectivity index (χ0) is 17.6. The Labute approximate surface area is 144 Å². The Morgan fingerprint density at radius 3 is 2.72 bits per heavy atom. The van der Waals surface area contributed by atoms with Gasteiger partial charge in [0.2, 0.25) is 5.91 Å². The van der Waals surface area contributed by atoms with Gasteiger partial charge in [0.15, 0.2) is 5.65 Å². The zero-order valence-electron chi connectivity index (χ0n) is 14.0. The second-order valence-electron chi connectivity index (χ2n) is 5.64. The van der Waals surface area contributed by atoms with Gasteiger partial charge in [-0.1, -0.05) is 30.3 Å². The van der Waals surface area contributed by atoms with Gasteiger partial charge in [-0.2, -0.15) is 0 Å². The van der Waals surface area contributed by atoms with Crippen LogP contribution in [0, 0.1) is 0 Å². The second-order valence-corrected chi connectivity index (χ2v) is 5.64. The highest BCUT2D eigenvalue weighted by Gasteiger charge is 2.14. The number of amides is 1. The fourth-order valence-electron chi connectivity index (χ4n) is 2.76. The fourth-order valence-corrected chi connectivity index (χ4v) is 2.76. The fraction of sp³-hybridized carbons (Fsp3) is 0.278. The lowest BCUT2D eigenvalue weighted by molar-refractivity contribution is -0.124. The van der Waals surface area contributed by atoms with Gasteiger partial charge in [-0.25, -0.2) is 9.78 Å². The van der Waals surface area contributed by atoms with Crippen LogP contribution in [-0.2, 0) is 22.6 Å². The number of nitrogens with zero attached hydrogens (tertiary/aromatic N) is 3. The van der Waals surface area contributed by atoms with Crippen LogP contribution in [0.5, 0.6) is 0 Å². The third-order valence-electron chi connectivity index (χ3n) is 3.89. The second kappa shape index (κ2) is 7.76. The van der Waals surface area contributed by atoms with Crippen LogP contribution in [0.2, 0.25) is 0 Å². The van der Waals surface area contributed by atoms with Gasteiger partial charge < -0.3 is 10.1 Å². The Morgan fingerprint density at radius 1 is 1.16 bits per heavy atom. The van der Waals surface area contributed by atoms with Crippen molar-refractivity contribution in [2.75, 3.05) is 20.3 Å². The van der Waals surface area contributed by atoms with E-state index in [2.05, 4.69) is 10.3 Å². The number of imidazole rings is 1. The molecule has 0 aliphatic rings. The molecule has 7 heteroatoms. The smallest absolute Gasteiger partial charge is 0.330 e. The van der Waals surface area contributed by atoms with E-state index in [1.807, 2.05) is 42.5 Å². The van der Waals surface area contributed by atoms with E-state index in [0.29, 0.717) is 25.3 Å². The molecule has 0 spiro atoms. The molecule has 2 aromatic heterocycles. The van der Waals surface area contributed by atoms with Gasteiger partial charge >= 0.3 is 5.69 Å². The summed E-state index contributed by atoms with van der Waals surface area (Å²) in [4.78, 5) is 28.7. The summed E-state index contributed by atoms with van der Waals surface area (Å²) in [6.07, 6.45) is 1.66. The molecule has 0 fully saturated rings. The number of ether oxygens (including phenoxy) is 1. The largest absolute Gasteiger partial charge is 0.375 e. The molecule has 3 aromatic rings. The van der Waals surface area contributed by atoms with Crippen LogP contribution in [0.1, 0.15) is 5.56 Å². The molecule has 130 valence electrons. The number of rotatable bonds is 7. The van der Waals surface area contributed by atoms with Crippen LogP contribution in [0.25, 0.3) is 11.2 Å². The maximum absolute atomic E-state index is 12.8. The molecule has 1 N–H and O–H groups in total. The van der Waals surface area contributed by atoms with Crippen LogP contribution in [0.15, 0.2) is 53.5 Å². The van der Waals surface area contributed by atoms with Gasteiger partial charge in [-0.15, -0.1) is 0 Å². The van der Waals surface area contributed by atoms with Crippen molar-refractivity contribution in [2.45, 2.75) is 13.1 Å². The first-order valence-corrected chi connectivity index (χ1v) is 8.04. The molecule has 1 amide bonds. The Balaban J connectivity index is 1.87. The van der Waals surface area contributed by atoms with E-state index < -0.39 is 0 Å². The molecule has 3 rings (SSSR count). The predicted octanol–water partition coefficient (Wildman–Crippen LogP) is 1.01. The number of aromatic nitrogens is 3. The van der Waals surface area contributed by atoms with Crippen molar-refractivity contribution in [3.05, 3.63) is 64.7 Å². The highest BCUT2D eigenvalue weighted by atomic mass is 16.5. The summed E-state index contributed by atoms with van der Waals surface area (Å²) in [5, 5.41) is 2.72. The Kier molecular flexibility index (Phi) is 5.25. The first-order valence-electron chi connectivity index (χ1n) is 8.04. The molecule has 0 saturated heterocycles. The molecule has 0 bridgehead atoms. The third kappa shape index (κ3) is 3.77. The SMILES string of the molecule is COCC(=O)NCCn1c(=O)n(Cc2ccccc2)c2cccnc21. The lowest BCUT2D eigenvalue weighted by atomic mass is 10.2. The summed E-state index contributed by atoms with van der Waals surface area (Å²) in [7, 11) is 1.46. The first kappa shape index (κ1) is 16.9. The average Bonchev–Trinajstić information content (AvgIpc) is 2.89. The van der Waals surface area contributed by atoms with Crippen molar-refractivity contribution in [3.63, 3.8) is 0 Å². The molecule has 7 nitrogen and oxygen atoms in total. The minimum Gasteiger partial charge on any atom is -0.375 e. The monoisotopic (exact) mass is 340 g/mol. The van der Waals surface area contributed by atoms with Crippen molar-refractivity contribution < 1.29 is 9.53 Å². The van der Waals surface area contributed by atoms with E-state index in [1.54, 1.807) is 15.3 Å². The highest BCUT2D eigenvalue weighted by molar-refractivity contribution is 5.77. The number of fused-ring (bicyclic) bond motifs is 1. The molecule has 0 unspecified atom stereocenters. The highest BCUT2D eigenvalue weighted by Crippen LogP contribution is 2.12. The number of methoxy groups -OCH3 is 1. The van der Waals surface area contributed by atoms with Gasteiger partial charge in [0.1, 0.15) is 6.61 Å². The van der Waals surface area contributed by atoms with Crippen LogP contribution in [0.4, 0.5) is 0 Å². The molecule has 0 atom stereocenters. The third-order valence-corrected chi connectivity index (χ3v) is 3.89. The maximum Gasteiger partial charge on any atom is 0.330 e. The number of hydrogen-bond acceptors (Lipinski definition) is 4. The normalized spacial score (nSPS) is 10.9. The summed E-state index contributed by atoms with van der Waals surface area (Å²) in [6.45, 7) is 1.17. The number of pyridine rings is 1. The van der Waals surface area contributed by atoms with Gasteiger partial charge in [-0.05, 0) is 17.7 Å². The predicted molar refractivity (Wildman–Crippen MR) is 94.4 cm³/mol. The van der Waals surface area contributed by atoms with Crippen molar-refractivity contribution in [1.82, 2.24) is 19.4 Å². The number of hydrogen-bond donors (Lipinski definition) is 1. The van der Waals surface area contributed by atoms with Crippen molar-refractivity contribution >= 4 is 17.1 Å². The quantitative estimate of drug-likeness (QED) is 0.696. The first-order chi connectivity index (χ1) is 12.2. The molecule has 0 radical (unpaired) electrons. The van der Waals surface area contributed by atoms with Crippen LogP contribution >= 0.6 is 0 Å². The van der Waals surface area contributed by atoms with E-state index >= 15 is 0 Å². The summed E-state index contributed by atoms with van der Waals surface area (Å²) in [5.74, 6) is -0.212. The minimum atomic E-state index is -0.212. The van der Waals surface area contributed by atoms with Gasteiger partial charge in [0.25, 0.3) is 0 Å². The lowest BCUT2D eigenvalue weighted by Crippen LogP contribution is -2.33. The zero-order valence-corrected chi connectivity index (χ0v) is 14.0. The minimum absolute atomic E-state index is 0.00289. The van der Waals surface area contributed by atoms with Crippen molar-refractivity contribution in [3.8, 4) is 0 Å². The molecular weight excluding hydrogens is 320 g/mol. The van der Waals surface area contributed by atoms with Crippen LogP contribution < -0.4 is 11.0 Å². The molecular formula is C18H20N4O3. The average molecular weight is 340 g/mol. The Hall–Kier alpha value is -2.93. The Bertz CT molecular complexity index is 915. The van der Waals surface area contributed by atoms with Gasteiger partial charge in [-0.3, -0.25) is 13.9 Å². The summed E-state index contributed by atoms with van der Waals surface area (Å²) >= 11 is 0. The van der Waals surface area contributed by atoms with Crippen LogP contribution in [-0.4, -0.2) is 40.3 Å². The van der Waals surface area contributed by atoms with Crippen LogP contribution in [0.3, 0.4) is 0 Å². The summed E-state index contributed by atoms with van der Waals surface area (Å²) in [6, 6.07) is 13.5. The topological polar surface area (TPSA) is 78.1 Å². The summed E-state index contributed by atoms with van der Waals surface area (Å²) in [5.41, 5.74) is 2.29. The van der Waals surface area contributed by atoms with E-state index in [1.165, 1.54) is 7.11 Å². The molecule has 0 aliphatic carbocycles. The number of carbonyl (C=O) groups excluding carboxylic acids is 1. The number of nitrogens with one attached hydrogen (secondary N) is 1. The lowest BCUT2D eigenvalue weighted by Gasteiger charge is -2.05. The van der Waals surface area contributed by atoms with E-state index in [-0.39, 0.29) is 18.2 Å². The molecule has 0 aliphatic heterocycles. The van der Waals surface area contributed by atoms with E-state index in [9.17, 15) is 9.59 Å². The molecule has 1 aromatic carbocycles. The van der Waals surface area contributed by atoms with E-state index in [4.69, 9.17) is 4.74 Å². The maximum atomic E-state index is 12.8. The summed E-state index contributed by atoms with van der Waals surface area (Å²) < 4.78 is 8.07. The van der Waals surface area contributed by atoms with Crippen molar-refractivity contribution in [1.29, 1.82) is 0 Å². The molecule has 2 heterocycles. The Morgan fingerprint density at radius 2 is 1.96 bits per heavy atom.